The van der Waals surface area contributed by atoms with E-state index in [0.29, 0.717) is 33.7 Å². The first kappa shape index (κ1) is 21.8. The van der Waals surface area contributed by atoms with Crippen LogP contribution in [0.25, 0.3) is 0 Å². The standard InChI is InChI=1S/C21H21Cl2F2N5O/c1-11-20(12(2)29(27-11)9-14-5-6-15(22)7-16(14)23)26-19(31)10-30-18(21(24)25)8-17(28-30)13-3-4-13/h5-8,13,21H,3-4,9-10H2,1-2H3,(H,26,31). The van der Waals surface area contributed by atoms with Gasteiger partial charge in [0.1, 0.15) is 12.2 Å². The zero-order valence-electron chi connectivity index (χ0n) is 17.0. The second kappa shape index (κ2) is 8.59. The van der Waals surface area contributed by atoms with Gasteiger partial charge in [0, 0.05) is 16.0 Å². The Bertz CT molecular complexity index is 1140. The molecule has 1 aliphatic rings. The molecule has 0 unspecified atom stereocenters. The molecule has 1 saturated carbocycles. The minimum atomic E-state index is -2.69. The van der Waals surface area contributed by atoms with Crippen molar-refractivity contribution in [3.8, 4) is 0 Å². The lowest BCUT2D eigenvalue weighted by Crippen LogP contribution is -2.21. The van der Waals surface area contributed by atoms with Gasteiger partial charge in [0.15, 0.2) is 0 Å². The predicted octanol–water partition coefficient (Wildman–Crippen LogP) is 5.51. The van der Waals surface area contributed by atoms with Crippen LogP contribution in [0.15, 0.2) is 24.3 Å². The van der Waals surface area contributed by atoms with E-state index in [2.05, 4.69) is 15.5 Å². The molecule has 0 radical (unpaired) electrons. The van der Waals surface area contributed by atoms with E-state index in [4.69, 9.17) is 23.2 Å². The van der Waals surface area contributed by atoms with Crippen molar-refractivity contribution in [2.75, 3.05) is 5.32 Å². The van der Waals surface area contributed by atoms with Crippen molar-refractivity contribution in [1.82, 2.24) is 19.6 Å². The molecule has 164 valence electrons. The monoisotopic (exact) mass is 467 g/mol. The van der Waals surface area contributed by atoms with Crippen LogP contribution in [0.3, 0.4) is 0 Å². The summed E-state index contributed by atoms with van der Waals surface area (Å²) in [7, 11) is 0. The maximum absolute atomic E-state index is 13.4. The SMILES string of the molecule is Cc1nn(Cc2ccc(Cl)cc2Cl)c(C)c1NC(=O)Cn1nc(C2CC2)cc1C(F)F. The first-order valence-corrected chi connectivity index (χ1v) is 10.6. The number of rotatable bonds is 7. The van der Waals surface area contributed by atoms with Gasteiger partial charge in [0.25, 0.3) is 6.43 Å². The third-order valence-corrected chi connectivity index (χ3v) is 5.91. The van der Waals surface area contributed by atoms with Gasteiger partial charge in [0.05, 0.1) is 29.3 Å². The van der Waals surface area contributed by atoms with Gasteiger partial charge in [-0.15, -0.1) is 0 Å². The van der Waals surface area contributed by atoms with E-state index in [1.807, 2.05) is 13.0 Å². The van der Waals surface area contributed by atoms with Crippen molar-refractivity contribution in [3.05, 3.63) is 62.6 Å². The second-order valence-corrected chi connectivity index (χ2v) is 8.56. The fourth-order valence-electron chi connectivity index (χ4n) is 3.49. The number of nitrogens with zero attached hydrogens (tertiary/aromatic N) is 4. The molecule has 2 heterocycles. The maximum Gasteiger partial charge on any atom is 0.280 e. The molecule has 1 aromatic carbocycles. The van der Waals surface area contributed by atoms with E-state index in [9.17, 15) is 13.6 Å². The number of aromatic nitrogens is 4. The van der Waals surface area contributed by atoms with Crippen molar-refractivity contribution >= 4 is 34.8 Å². The topological polar surface area (TPSA) is 64.7 Å². The second-order valence-electron chi connectivity index (χ2n) is 7.71. The molecule has 0 spiro atoms. The van der Waals surface area contributed by atoms with Crippen LogP contribution in [-0.2, 0) is 17.9 Å². The van der Waals surface area contributed by atoms with Crippen LogP contribution in [0, 0.1) is 13.8 Å². The number of nitrogens with one attached hydrogen (secondary N) is 1. The third kappa shape index (κ3) is 4.75. The summed E-state index contributed by atoms with van der Waals surface area (Å²) in [5.41, 5.74) is 3.11. The zero-order valence-corrected chi connectivity index (χ0v) is 18.5. The number of hydrogen-bond acceptors (Lipinski definition) is 3. The van der Waals surface area contributed by atoms with Gasteiger partial charge < -0.3 is 5.32 Å². The van der Waals surface area contributed by atoms with E-state index >= 15 is 0 Å². The Morgan fingerprint density at radius 1 is 1.19 bits per heavy atom. The van der Waals surface area contributed by atoms with Crippen LogP contribution in [0.5, 0.6) is 0 Å². The quantitative estimate of drug-likeness (QED) is 0.498. The number of hydrogen-bond donors (Lipinski definition) is 1. The molecule has 3 aromatic rings. The van der Waals surface area contributed by atoms with Gasteiger partial charge in [-0.25, -0.2) is 8.78 Å². The molecule has 1 fully saturated rings. The number of aryl methyl sites for hydroxylation is 1. The molecule has 6 nitrogen and oxygen atoms in total. The summed E-state index contributed by atoms with van der Waals surface area (Å²) < 4.78 is 29.6. The average molecular weight is 468 g/mol. The van der Waals surface area contributed by atoms with Crippen molar-refractivity contribution in [2.45, 2.75) is 52.1 Å². The van der Waals surface area contributed by atoms with Crippen LogP contribution in [0.2, 0.25) is 10.0 Å². The number of benzene rings is 1. The molecule has 0 aliphatic heterocycles. The van der Waals surface area contributed by atoms with Crippen LogP contribution in [0.4, 0.5) is 14.5 Å². The van der Waals surface area contributed by atoms with Gasteiger partial charge in [-0.3, -0.25) is 14.2 Å². The summed E-state index contributed by atoms with van der Waals surface area (Å²) in [6, 6.07) is 6.63. The number of amides is 1. The molecule has 1 amide bonds. The van der Waals surface area contributed by atoms with Crippen LogP contribution >= 0.6 is 23.2 Å². The van der Waals surface area contributed by atoms with Gasteiger partial charge in [-0.05, 0) is 50.5 Å². The molecule has 1 N–H and O–H groups in total. The van der Waals surface area contributed by atoms with Crippen molar-refractivity contribution < 1.29 is 13.6 Å². The number of carbonyl (C=O) groups is 1. The van der Waals surface area contributed by atoms with Crippen molar-refractivity contribution in [2.24, 2.45) is 0 Å². The zero-order chi connectivity index (χ0) is 22.3. The third-order valence-electron chi connectivity index (χ3n) is 5.32. The molecule has 4 rings (SSSR count). The molecule has 10 heteroatoms. The molecule has 0 atom stereocenters. The smallest absolute Gasteiger partial charge is 0.280 e. The van der Waals surface area contributed by atoms with E-state index in [1.54, 1.807) is 23.7 Å². The molecule has 2 aromatic heterocycles. The van der Waals surface area contributed by atoms with Gasteiger partial charge in [0.2, 0.25) is 5.91 Å². The summed E-state index contributed by atoms with van der Waals surface area (Å²) in [5.74, 6) is -0.216. The Kier molecular flexibility index (Phi) is 6.03. The van der Waals surface area contributed by atoms with Crippen LogP contribution in [0.1, 0.15) is 53.5 Å². The maximum atomic E-state index is 13.4. The summed E-state index contributed by atoms with van der Waals surface area (Å²) in [6.07, 6.45) is -0.800. The van der Waals surface area contributed by atoms with Crippen molar-refractivity contribution in [1.29, 1.82) is 0 Å². The van der Waals surface area contributed by atoms with E-state index in [0.717, 1.165) is 28.8 Å². The summed E-state index contributed by atoms with van der Waals surface area (Å²) >= 11 is 12.2. The van der Waals surface area contributed by atoms with E-state index < -0.39 is 12.3 Å². The Labute approximate surface area is 188 Å². The fourth-order valence-corrected chi connectivity index (χ4v) is 3.96. The summed E-state index contributed by atoms with van der Waals surface area (Å²) in [4.78, 5) is 12.6. The largest absolute Gasteiger partial charge is 0.321 e. The highest BCUT2D eigenvalue weighted by atomic mass is 35.5. The van der Waals surface area contributed by atoms with Gasteiger partial charge >= 0.3 is 0 Å². The van der Waals surface area contributed by atoms with Gasteiger partial charge in [-0.1, -0.05) is 29.3 Å². The Morgan fingerprint density at radius 3 is 2.58 bits per heavy atom. The lowest BCUT2D eigenvalue weighted by molar-refractivity contribution is -0.117. The van der Waals surface area contributed by atoms with E-state index in [-0.39, 0.29) is 18.2 Å². The summed E-state index contributed by atoms with van der Waals surface area (Å²) in [5, 5.41) is 12.6. The average Bonchev–Trinajstić information content (AvgIpc) is 3.41. The minimum Gasteiger partial charge on any atom is -0.321 e. The van der Waals surface area contributed by atoms with Crippen molar-refractivity contribution in [3.63, 3.8) is 0 Å². The molecule has 0 bridgehead atoms. The normalized spacial score (nSPS) is 13.8. The Morgan fingerprint density at radius 2 is 1.94 bits per heavy atom. The molecule has 1 aliphatic carbocycles. The van der Waals surface area contributed by atoms with Gasteiger partial charge in [-0.2, -0.15) is 10.2 Å². The molecule has 0 saturated heterocycles. The van der Waals surface area contributed by atoms with Crippen LogP contribution in [-0.4, -0.2) is 25.5 Å². The number of carbonyl (C=O) groups excluding carboxylic acids is 1. The van der Waals surface area contributed by atoms with Crippen LogP contribution < -0.4 is 5.32 Å². The molecule has 31 heavy (non-hydrogen) atoms. The predicted molar refractivity (Wildman–Crippen MR) is 115 cm³/mol. The Balaban J connectivity index is 1.50. The fraction of sp³-hybridized carbons (Fsp3) is 0.381. The number of alkyl halides is 2. The molecular formula is C21H21Cl2F2N5O. The lowest BCUT2D eigenvalue weighted by Gasteiger charge is -2.10. The first-order chi connectivity index (χ1) is 14.7. The highest BCUT2D eigenvalue weighted by Gasteiger charge is 2.29. The summed E-state index contributed by atoms with van der Waals surface area (Å²) in [6.45, 7) is 3.70. The lowest BCUT2D eigenvalue weighted by atomic mass is 10.2. The first-order valence-electron chi connectivity index (χ1n) is 9.86. The highest BCUT2D eigenvalue weighted by Crippen LogP contribution is 2.40. The number of halogens is 4. The minimum absolute atomic E-state index is 0.226. The number of anilines is 1. The Hall–Kier alpha value is -2.45. The molecular weight excluding hydrogens is 447 g/mol. The van der Waals surface area contributed by atoms with E-state index in [1.165, 1.54) is 6.07 Å². The highest BCUT2D eigenvalue weighted by molar-refractivity contribution is 6.35.